The van der Waals surface area contributed by atoms with E-state index in [4.69, 9.17) is 23.7 Å². The Bertz CT molecular complexity index is 1450. The minimum atomic E-state index is -1.95. The topological polar surface area (TPSA) is 234 Å². The number of aromatic hydroxyl groups is 3. The Labute approximate surface area is 212 Å². The third-order valence-corrected chi connectivity index (χ3v) is 5.74. The molecule has 202 valence electrons. The number of carbonyl (C=O) groups is 2. The van der Waals surface area contributed by atoms with Crippen LogP contribution in [0.25, 0.3) is 22.3 Å². The molecule has 4 rings (SSSR count). The van der Waals surface area contributed by atoms with Crippen molar-refractivity contribution in [2.24, 2.45) is 0 Å². The summed E-state index contributed by atoms with van der Waals surface area (Å²) in [5, 5.41) is 68.1. The second-order valence-corrected chi connectivity index (χ2v) is 8.43. The van der Waals surface area contributed by atoms with Gasteiger partial charge in [0.05, 0.1) is 0 Å². The van der Waals surface area contributed by atoms with E-state index in [2.05, 4.69) is 0 Å². The highest BCUT2D eigenvalue weighted by atomic mass is 16.7. The van der Waals surface area contributed by atoms with Gasteiger partial charge in [0.2, 0.25) is 0 Å². The lowest BCUT2D eigenvalue weighted by Gasteiger charge is -2.39. The Balaban J connectivity index is 1.56. The van der Waals surface area contributed by atoms with E-state index in [-0.39, 0.29) is 28.0 Å². The fourth-order valence-corrected chi connectivity index (χ4v) is 3.74. The van der Waals surface area contributed by atoms with Crippen molar-refractivity contribution in [1.82, 2.24) is 0 Å². The molecule has 0 bridgehead atoms. The number of fused-ring (bicyclic) bond motifs is 1. The molecule has 2 heterocycles. The number of carbonyl (C=O) groups excluding carboxylic acids is 1. The minimum Gasteiger partial charge on any atom is -0.507 e. The van der Waals surface area contributed by atoms with Crippen LogP contribution in [0.4, 0.5) is 0 Å². The summed E-state index contributed by atoms with van der Waals surface area (Å²) >= 11 is 0. The van der Waals surface area contributed by atoms with Gasteiger partial charge in [0.1, 0.15) is 46.5 Å². The van der Waals surface area contributed by atoms with Crippen molar-refractivity contribution < 1.29 is 64.0 Å². The maximum Gasteiger partial charge on any atom is 0.340 e. The first-order valence-electron chi connectivity index (χ1n) is 11.0. The van der Waals surface area contributed by atoms with Crippen molar-refractivity contribution in [3.8, 4) is 34.3 Å². The van der Waals surface area contributed by atoms with Crippen LogP contribution in [0.2, 0.25) is 0 Å². The average molecular weight is 534 g/mol. The Morgan fingerprint density at radius 2 is 1.63 bits per heavy atom. The number of hydrogen-bond donors (Lipinski definition) is 7. The molecule has 38 heavy (non-hydrogen) atoms. The number of phenols is 3. The highest BCUT2D eigenvalue weighted by Crippen LogP contribution is 2.34. The predicted molar refractivity (Wildman–Crippen MR) is 123 cm³/mol. The van der Waals surface area contributed by atoms with E-state index in [9.17, 15) is 45.0 Å². The summed E-state index contributed by atoms with van der Waals surface area (Å²) in [4.78, 5) is 36.4. The summed E-state index contributed by atoms with van der Waals surface area (Å²) in [6.07, 6.45) is -11.1. The lowest BCUT2D eigenvalue weighted by molar-refractivity contribution is -0.301. The molecule has 0 saturated carbocycles. The Morgan fingerprint density at radius 3 is 2.29 bits per heavy atom. The Hall–Kier alpha value is -4.21. The number of phenolic OH excluding ortho intramolecular Hbond substituents is 3. The summed E-state index contributed by atoms with van der Waals surface area (Å²) in [5.74, 6) is -4.50. The second-order valence-electron chi connectivity index (χ2n) is 8.43. The van der Waals surface area contributed by atoms with E-state index in [1.165, 1.54) is 19.1 Å². The van der Waals surface area contributed by atoms with E-state index >= 15 is 0 Å². The number of ether oxygens (including phenoxy) is 3. The first kappa shape index (κ1) is 26.8. The fraction of sp³-hybridized carbons (Fsp3) is 0.292. The van der Waals surface area contributed by atoms with Gasteiger partial charge < -0.3 is 54.4 Å². The molecule has 1 fully saturated rings. The molecule has 1 aromatic heterocycles. The molecule has 14 nitrogen and oxygen atoms in total. The SMILES string of the molecule is CC(O[C@@H]1OC(C(=O)O)[C@@H](O)[C@H](O)C1O)C(=O)Oc1cc(O)c2c(=O)cc(-c3ccc(O)c(O)c3)oc2c1. The van der Waals surface area contributed by atoms with E-state index in [0.717, 1.165) is 24.3 Å². The average Bonchev–Trinajstić information content (AvgIpc) is 2.85. The van der Waals surface area contributed by atoms with E-state index in [1.54, 1.807) is 0 Å². The molecule has 0 spiro atoms. The van der Waals surface area contributed by atoms with Crippen molar-refractivity contribution >= 4 is 22.9 Å². The molecule has 0 radical (unpaired) electrons. The monoisotopic (exact) mass is 534 g/mol. The number of aliphatic hydroxyl groups excluding tert-OH is 3. The molecule has 3 unspecified atom stereocenters. The molecule has 7 N–H and O–H groups in total. The van der Waals surface area contributed by atoms with Gasteiger partial charge in [-0.15, -0.1) is 0 Å². The summed E-state index contributed by atoms with van der Waals surface area (Å²) < 4.78 is 21.0. The van der Waals surface area contributed by atoms with Crippen molar-refractivity contribution in [3.05, 3.63) is 46.6 Å². The number of aliphatic hydroxyl groups is 3. The van der Waals surface area contributed by atoms with Gasteiger partial charge in [-0.05, 0) is 25.1 Å². The molecule has 6 atom stereocenters. The van der Waals surface area contributed by atoms with Crippen LogP contribution < -0.4 is 10.2 Å². The van der Waals surface area contributed by atoms with Crippen molar-refractivity contribution in [2.45, 2.75) is 43.7 Å². The van der Waals surface area contributed by atoms with Crippen LogP contribution >= 0.6 is 0 Å². The molecule has 0 amide bonds. The van der Waals surface area contributed by atoms with Gasteiger partial charge in [0.25, 0.3) is 0 Å². The van der Waals surface area contributed by atoms with Crippen molar-refractivity contribution in [2.75, 3.05) is 0 Å². The highest BCUT2D eigenvalue weighted by Gasteiger charge is 2.48. The summed E-state index contributed by atoms with van der Waals surface area (Å²) in [5.41, 5.74) is -0.622. The summed E-state index contributed by atoms with van der Waals surface area (Å²) in [6.45, 7) is 1.17. The van der Waals surface area contributed by atoms with Crippen LogP contribution in [0.5, 0.6) is 23.0 Å². The van der Waals surface area contributed by atoms with Crippen LogP contribution in [0.15, 0.2) is 45.6 Å². The third-order valence-electron chi connectivity index (χ3n) is 5.74. The van der Waals surface area contributed by atoms with Crippen LogP contribution in [0, 0.1) is 0 Å². The second kappa shape index (κ2) is 10.3. The number of carboxylic acid groups (broad SMARTS) is 1. The van der Waals surface area contributed by atoms with Gasteiger partial charge in [-0.2, -0.15) is 0 Å². The lowest BCUT2D eigenvalue weighted by atomic mass is 9.99. The molecule has 3 aromatic rings. The standard InChI is InChI=1S/C24H22O14/c1-8(35-24-20(31)18(29)19(30)21(38-24)22(32)33)23(34)36-10-5-13(27)17-14(28)7-15(37-16(17)6-10)9-2-3-11(25)12(26)4-9/h2-8,18-21,24-27,29-31H,1H3,(H,32,33)/t8?,18-,19-,20?,21?,24+/m0/s1. The first-order chi connectivity index (χ1) is 17.9. The van der Waals surface area contributed by atoms with E-state index in [0.29, 0.717) is 0 Å². The van der Waals surface area contributed by atoms with Crippen LogP contribution in [0.1, 0.15) is 6.92 Å². The molecule has 14 heteroatoms. The maximum atomic E-state index is 12.6. The Kier molecular flexibility index (Phi) is 7.26. The molecule has 1 aliphatic heterocycles. The van der Waals surface area contributed by atoms with Gasteiger partial charge in [-0.1, -0.05) is 0 Å². The number of aliphatic carboxylic acids is 1. The minimum absolute atomic E-state index is 0.0328. The molecule has 2 aromatic carbocycles. The summed E-state index contributed by atoms with van der Waals surface area (Å²) in [6, 6.07) is 6.83. The largest absolute Gasteiger partial charge is 0.507 e. The van der Waals surface area contributed by atoms with Crippen LogP contribution in [-0.4, -0.2) is 84.5 Å². The highest BCUT2D eigenvalue weighted by molar-refractivity contribution is 5.87. The number of rotatable bonds is 6. The molecular weight excluding hydrogens is 512 g/mol. The zero-order chi connectivity index (χ0) is 27.9. The number of benzene rings is 2. The van der Waals surface area contributed by atoms with Gasteiger partial charge in [-0.25, -0.2) is 9.59 Å². The Morgan fingerprint density at radius 1 is 0.921 bits per heavy atom. The molecule has 0 aliphatic carbocycles. The predicted octanol–water partition coefficient (Wildman–Crippen LogP) is -0.220. The smallest absolute Gasteiger partial charge is 0.340 e. The van der Waals surface area contributed by atoms with Crippen molar-refractivity contribution in [1.29, 1.82) is 0 Å². The van der Waals surface area contributed by atoms with Crippen LogP contribution in [0.3, 0.4) is 0 Å². The number of carboxylic acids is 1. The van der Waals surface area contributed by atoms with Gasteiger partial charge in [0, 0.05) is 23.8 Å². The summed E-state index contributed by atoms with van der Waals surface area (Å²) in [7, 11) is 0. The van der Waals surface area contributed by atoms with Gasteiger partial charge in [0.15, 0.2) is 35.4 Å². The van der Waals surface area contributed by atoms with Gasteiger partial charge >= 0.3 is 11.9 Å². The first-order valence-corrected chi connectivity index (χ1v) is 11.0. The maximum absolute atomic E-state index is 12.6. The molecular formula is C24H22O14. The van der Waals surface area contributed by atoms with E-state index < -0.39 is 71.4 Å². The third kappa shape index (κ3) is 5.11. The normalized spacial score (nSPS) is 24.2. The quantitative estimate of drug-likeness (QED) is 0.123. The van der Waals surface area contributed by atoms with Crippen molar-refractivity contribution in [3.63, 3.8) is 0 Å². The van der Waals surface area contributed by atoms with E-state index in [1.807, 2.05) is 0 Å². The lowest BCUT2D eigenvalue weighted by Crippen LogP contribution is -2.61. The zero-order valence-electron chi connectivity index (χ0n) is 19.4. The van der Waals surface area contributed by atoms with Crippen LogP contribution in [-0.2, 0) is 19.1 Å². The fourth-order valence-electron chi connectivity index (χ4n) is 3.74. The number of hydrogen-bond acceptors (Lipinski definition) is 13. The van der Waals surface area contributed by atoms with Gasteiger partial charge in [-0.3, -0.25) is 4.79 Å². The molecule has 1 saturated heterocycles. The number of esters is 1. The zero-order valence-corrected chi connectivity index (χ0v) is 19.4. The molecule has 1 aliphatic rings.